The number of pyridine rings is 1. The van der Waals surface area contributed by atoms with E-state index < -0.39 is 0 Å². The molecule has 0 bridgehead atoms. The molecule has 0 aliphatic carbocycles. The number of rotatable bonds is 6. The Kier molecular flexibility index (Phi) is 6.13. The minimum Gasteiger partial charge on any atom is -0.493 e. The molecule has 1 aliphatic rings. The van der Waals surface area contributed by atoms with E-state index in [0.717, 1.165) is 24.0 Å². The molecular weight excluding hydrogens is 358 g/mol. The Morgan fingerprint density at radius 3 is 2.43 bits per heavy atom. The number of amides is 2. The van der Waals surface area contributed by atoms with E-state index in [1.165, 1.54) is 12.4 Å². The van der Waals surface area contributed by atoms with Gasteiger partial charge in [0.25, 0.3) is 11.8 Å². The van der Waals surface area contributed by atoms with E-state index in [1.807, 2.05) is 19.1 Å². The molecule has 2 amide bonds. The van der Waals surface area contributed by atoms with Crippen LogP contribution in [0.15, 0.2) is 30.6 Å². The highest BCUT2D eigenvalue weighted by atomic mass is 16.5. The molecule has 7 nitrogen and oxygen atoms in total. The molecule has 0 spiro atoms. The van der Waals surface area contributed by atoms with E-state index in [9.17, 15) is 9.59 Å². The normalized spacial score (nSPS) is 12.9. The Labute approximate surface area is 164 Å². The van der Waals surface area contributed by atoms with Crippen molar-refractivity contribution in [3.05, 3.63) is 52.8 Å². The van der Waals surface area contributed by atoms with Gasteiger partial charge < -0.3 is 19.7 Å². The lowest BCUT2D eigenvalue weighted by Gasteiger charge is -2.29. The van der Waals surface area contributed by atoms with Gasteiger partial charge in [-0.15, -0.1) is 0 Å². The van der Waals surface area contributed by atoms with Crippen LogP contribution in [0.2, 0.25) is 0 Å². The molecule has 1 N–H and O–H groups in total. The summed E-state index contributed by atoms with van der Waals surface area (Å²) in [5.41, 5.74) is 2.98. The average molecular weight is 383 g/mol. The fourth-order valence-corrected chi connectivity index (χ4v) is 3.26. The van der Waals surface area contributed by atoms with Gasteiger partial charge in [0.05, 0.1) is 25.3 Å². The zero-order valence-corrected chi connectivity index (χ0v) is 16.4. The lowest BCUT2D eigenvalue weighted by atomic mass is 9.98. The molecule has 1 aliphatic heterocycles. The van der Waals surface area contributed by atoms with E-state index >= 15 is 0 Å². The topological polar surface area (TPSA) is 80.8 Å². The van der Waals surface area contributed by atoms with Crippen LogP contribution in [0.1, 0.15) is 45.2 Å². The number of ether oxygens (including phenoxy) is 2. The third kappa shape index (κ3) is 4.08. The average Bonchev–Trinajstić information content (AvgIpc) is 2.75. The number of fused-ring (bicyclic) bond motifs is 1. The summed E-state index contributed by atoms with van der Waals surface area (Å²) < 4.78 is 10.7. The van der Waals surface area contributed by atoms with Gasteiger partial charge in [-0.1, -0.05) is 6.92 Å². The van der Waals surface area contributed by atoms with Crippen LogP contribution in [-0.2, 0) is 13.0 Å². The van der Waals surface area contributed by atoms with E-state index in [4.69, 9.17) is 9.47 Å². The van der Waals surface area contributed by atoms with Gasteiger partial charge in [0.2, 0.25) is 0 Å². The number of methoxy groups -OCH3 is 2. The Morgan fingerprint density at radius 2 is 1.75 bits per heavy atom. The van der Waals surface area contributed by atoms with Crippen LogP contribution in [0.25, 0.3) is 0 Å². The van der Waals surface area contributed by atoms with E-state index in [2.05, 4.69) is 10.3 Å². The van der Waals surface area contributed by atoms with Crippen LogP contribution in [-0.4, -0.2) is 49.0 Å². The summed E-state index contributed by atoms with van der Waals surface area (Å²) in [6.45, 7) is 3.64. The summed E-state index contributed by atoms with van der Waals surface area (Å²) in [7, 11) is 3.20. The molecule has 0 atom stereocenters. The maximum Gasteiger partial charge on any atom is 0.255 e. The Bertz CT molecular complexity index is 882. The predicted molar refractivity (Wildman–Crippen MR) is 105 cm³/mol. The van der Waals surface area contributed by atoms with Crippen molar-refractivity contribution in [1.29, 1.82) is 0 Å². The standard InChI is InChI=1S/C21H25N3O4/c1-4-6-23-20(25)15-8-16(12-22-11-15)21(26)24-7-5-14-9-18(27-2)19(28-3)10-17(14)13-24/h8-12H,4-7,13H2,1-3H3,(H,23,25). The summed E-state index contributed by atoms with van der Waals surface area (Å²) in [4.78, 5) is 31.0. The molecular formula is C21H25N3O4. The predicted octanol–water partition coefficient (Wildman–Crippen LogP) is 2.44. The molecule has 0 unspecified atom stereocenters. The molecule has 3 rings (SSSR count). The Morgan fingerprint density at radius 1 is 1.07 bits per heavy atom. The molecule has 0 radical (unpaired) electrons. The molecule has 2 heterocycles. The molecule has 148 valence electrons. The van der Waals surface area contributed by atoms with Gasteiger partial charge in [-0.25, -0.2) is 0 Å². The second-order valence-corrected chi connectivity index (χ2v) is 6.67. The SMILES string of the molecule is CCCNC(=O)c1cncc(C(=O)N2CCc3cc(OC)c(OC)cc3C2)c1. The summed E-state index contributed by atoms with van der Waals surface area (Å²) in [5.74, 6) is 0.978. The lowest BCUT2D eigenvalue weighted by Crippen LogP contribution is -2.36. The van der Waals surface area contributed by atoms with Crippen LogP contribution in [0.5, 0.6) is 11.5 Å². The van der Waals surface area contributed by atoms with Crippen molar-refractivity contribution >= 4 is 11.8 Å². The first kappa shape index (κ1) is 19.7. The molecule has 7 heteroatoms. The smallest absolute Gasteiger partial charge is 0.255 e. The van der Waals surface area contributed by atoms with Gasteiger partial charge >= 0.3 is 0 Å². The van der Waals surface area contributed by atoms with Crippen molar-refractivity contribution in [1.82, 2.24) is 15.2 Å². The zero-order chi connectivity index (χ0) is 20.1. The number of carbonyl (C=O) groups is 2. The molecule has 0 fully saturated rings. The highest BCUT2D eigenvalue weighted by Crippen LogP contribution is 2.33. The Hall–Kier alpha value is -3.09. The minimum atomic E-state index is -0.218. The fourth-order valence-electron chi connectivity index (χ4n) is 3.26. The number of aromatic nitrogens is 1. The van der Waals surface area contributed by atoms with Crippen molar-refractivity contribution < 1.29 is 19.1 Å². The fraction of sp³-hybridized carbons (Fsp3) is 0.381. The van der Waals surface area contributed by atoms with E-state index in [0.29, 0.717) is 42.3 Å². The van der Waals surface area contributed by atoms with Crippen molar-refractivity contribution in [3.8, 4) is 11.5 Å². The molecule has 1 aromatic heterocycles. The van der Waals surface area contributed by atoms with E-state index in [1.54, 1.807) is 25.2 Å². The maximum absolute atomic E-state index is 13.0. The lowest BCUT2D eigenvalue weighted by molar-refractivity contribution is 0.0734. The summed E-state index contributed by atoms with van der Waals surface area (Å²) >= 11 is 0. The number of carbonyl (C=O) groups excluding carboxylic acids is 2. The first-order chi connectivity index (χ1) is 13.6. The molecule has 1 aromatic carbocycles. The van der Waals surface area contributed by atoms with E-state index in [-0.39, 0.29) is 11.8 Å². The maximum atomic E-state index is 13.0. The van der Waals surface area contributed by atoms with Gasteiger partial charge in [0.1, 0.15) is 0 Å². The van der Waals surface area contributed by atoms with Crippen molar-refractivity contribution in [2.75, 3.05) is 27.3 Å². The van der Waals surface area contributed by atoms with Crippen LogP contribution < -0.4 is 14.8 Å². The number of benzene rings is 1. The molecule has 0 saturated carbocycles. The quantitative estimate of drug-likeness (QED) is 0.829. The number of hydrogen-bond donors (Lipinski definition) is 1. The number of nitrogens with zero attached hydrogens (tertiary/aromatic N) is 2. The Balaban J connectivity index is 1.78. The summed E-state index contributed by atoms with van der Waals surface area (Å²) in [5, 5.41) is 2.80. The number of hydrogen-bond acceptors (Lipinski definition) is 5. The molecule has 2 aromatic rings. The molecule has 0 saturated heterocycles. The minimum absolute atomic E-state index is 0.141. The first-order valence-corrected chi connectivity index (χ1v) is 9.33. The zero-order valence-electron chi connectivity index (χ0n) is 16.4. The third-order valence-electron chi connectivity index (χ3n) is 4.79. The van der Waals surface area contributed by atoms with Gasteiger partial charge in [0.15, 0.2) is 11.5 Å². The largest absolute Gasteiger partial charge is 0.493 e. The summed E-state index contributed by atoms with van der Waals surface area (Å²) in [6, 6.07) is 5.49. The van der Waals surface area contributed by atoms with Crippen molar-refractivity contribution in [2.45, 2.75) is 26.3 Å². The van der Waals surface area contributed by atoms with Crippen molar-refractivity contribution in [3.63, 3.8) is 0 Å². The summed E-state index contributed by atoms with van der Waals surface area (Å²) in [6.07, 6.45) is 4.55. The highest BCUT2D eigenvalue weighted by Gasteiger charge is 2.24. The van der Waals surface area contributed by atoms with Gasteiger partial charge in [-0.05, 0) is 42.2 Å². The van der Waals surface area contributed by atoms with Crippen LogP contribution >= 0.6 is 0 Å². The van der Waals surface area contributed by atoms with Gasteiger partial charge in [-0.3, -0.25) is 14.6 Å². The second kappa shape index (κ2) is 8.73. The molecule has 28 heavy (non-hydrogen) atoms. The van der Waals surface area contributed by atoms with Crippen LogP contribution in [0.4, 0.5) is 0 Å². The third-order valence-corrected chi connectivity index (χ3v) is 4.79. The second-order valence-electron chi connectivity index (χ2n) is 6.67. The van der Waals surface area contributed by atoms with Crippen LogP contribution in [0.3, 0.4) is 0 Å². The van der Waals surface area contributed by atoms with Gasteiger partial charge in [0, 0.05) is 32.0 Å². The monoisotopic (exact) mass is 383 g/mol. The van der Waals surface area contributed by atoms with Crippen LogP contribution in [0, 0.1) is 0 Å². The number of nitrogens with one attached hydrogen (secondary N) is 1. The highest BCUT2D eigenvalue weighted by molar-refractivity contribution is 5.99. The van der Waals surface area contributed by atoms with Crippen molar-refractivity contribution in [2.24, 2.45) is 0 Å². The first-order valence-electron chi connectivity index (χ1n) is 9.33. The van der Waals surface area contributed by atoms with Gasteiger partial charge in [-0.2, -0.15) is 0 Å².